The quantitative estimate of drug-likeness (QED) is 0.901. The first-order valence-corrected chi connectivity index (χ1v) is 10.4. The number of amides is 1. The van der Waals surface area contributed by atoms with E-state index < -0.39 is 0 Å². The van der Waals surface area contributed by atoms with Crippen molar-refractivity contribution in [3.05, 3.63) is 23.9 Å². The van der Waals surface area contributed by atoms with Gasteiger partial charge >= 0.3 is 0 Å². The first-order chi connectivity index (χ1) is 12.7. The summed E-state index contributed by atoms with van der Waals surface area (Å²) in [5.74, 6) is 0.974. The summed E-state index contributed by atoms with van der Waals surface area (Å²) in [4.78, 5) is 21.6. The van der Waals surface area contributed by atoms with Crippen LogP contribution in [-0.4, -0.2) is 54.6 Å². The molecule has 1 N–H and O–H groups in total. The van der Waals surface area contributed by atoms with Crippen LogP contribution in [0.25, 0.3) is 0 Å². The number of hydrogen-bond donors (Lipinski definition) is 1. The molecule has 0 atom stereocenters. The number of hydrogen-bond acceptors (Lipinski definition) is 4. The highest BCUT2D eigenvalue weighted by Crippen LogP contribution is 2.43. The third kappa shape index (κ3) is 3.59. The lowest BCUT2D eigenvalue weighted by Gasteiger charge is -2.50. The van der Waals surface area contributed by atoms with Gasteiger partial charge in [-0.3, -0.25) is 4.79 Å². The zero-order chi connectivity index (χ0) is 18.0. The Labute approximate surface area is 157 Å². The highest BCUT2D eigenvalue weighted by Gasteiger charge is 2.39. The van der Waals surface area contributed by atoms with Gasteiger partial charge in [0.25, 0.3) is 5.91 Å². The van der Waals surface area contributed by atoms with Crippen LogP contribution in [0.5, 0.6) is 0 Å². The summed E-state index contributed by atoms with van der Waals surface area (Å²) >= 11 is 0. The second-order valence-corrected chi connectivity index (χ2v) is 8.37. The first-order valence-electron chi connectivity index (χ1n) is 10.4. The monoisotopic (exact) mass is 356 g/mol. The third-order valence-electron chi connectivity index (χ3n) is 6.95. The predicted octanol–water partition coefficient (Wildman–Crippen LogP) is 3.07. The number of likely N-dealkylation sites (tertiary alicyclic amines) is 1. The van der Waals surface area contributed by atoms with Crippen molar-refractivity contribution in [2.24, 2.45) is 5.41 Å². The van der Waals surface area contributed by atoms with Crippen LogP contribution in [0.15, 0.2) is 18.3 Å². The van der Waals surface area contributed by atoms with E-state index in [1.54, 1.807) is 6.20 Å². The number of carbonyl (C=O) groups excluding carboxylic acids is 1. The van der Waals surface area contributed by atoms with E-state index in [1.165, 1.54) is 58.0 Å². The van der Waals surface area contributed by atoms with Crippen LogP contribution in [0.3, 0.4) is 0 Å². The molecule has 26 heavy (non-hydrogen) atoms. The molecule has 5 nitrogen and oxygen atoms in total. The Kier molecular flexibility index (Phi) is 5.16. The molecule has 1 aromatic rings. The Morgan fingerprint density at radius 3 is 2.38 bits per heavy atom. The number of pyridine rings is 1. The second kappa shape index (κ2) is 7.55. The maximum atomic E-state index is 11.9. The maximum Gasteiger partial charge on any atom is 0.252 e. The van der Waals surface area contributed by atoms with Gasteiger partial charge < -0.3 is 15.1 Å². The highest BCUT2D eigenvalue weighted by atomic mass is 16.1. The molecule has 3 heterocycles. The van der Waals surface area contributed by atoms with E-state index in [2.05, 4.69) is 20.1 Å². The molecule has 3 aliphatic rings. The Hall–Kier alpha value is -1.62. The number of aromatic nitrogens is 1. The van der Waals surface area contributed by atoms with Gasteiger partial charge in [-0.25, -0.2) is 4.98 Å². The van der Waals surface area contributed by atoms with Crippen molar-refractivity contribution in [2.45, 2.75) is 57.9 Å². The molecular formula is C21H32N4O. The second-order valence-electron chi connectivity index (χ2n) is 8.37. The lowest BCUT2D eigenvalue weighted by molar-refractivity contribution is 0.0305. The van der Waals surface area contributed by atoms with E-state index in [0.717, 1.165) is 24.9 Å². The predicted molar refractivity (Wildman–Crippen MR) is 105 cm³/mol. The Morgan fingerprint density at radius 1 is 1.15 bits per heavy atom. The average molecular weight is 357 g/mol. The smallest absolute Gasteiger partial charge is 0.252 e. The van der Waals surface area contributed by atoms with Crippen LogP contribution >= 0.6 is 0 Å². The molecule has 1 aromatic heterocycles. The standard InChI is InChI=1S/C21H32N4O/c1-2-22-20(26)17-6-7-19(23-16-17)25-14-10-21(11-15-25)8-12-24(13-9-21)18-4-3-5-18/h6-7,16,18H,2-5,8-15H2,1H3,(H,22,26). The number of rotatable bonds is 4. The number of carbonyl (C=O) groups is 1. The number of anilines is 1. The van der Waals surface area contributed by atoms with Gasteiger partial charge in [-0.05, 0) is 76.1 Å². The summed E-state index contributed by atoms with van der Waals surface area (Å²) < 4.78 is 0. The van der Waals surface area contributed by atoms with Gasteiger partial charge in [0.2, 0.25) is 0 Å². The summed E-state index contributed by atoms with van der Waals surface area (Å²) in [6.07, 6.45) is 11.3. The summed E-state index contributed by atoms with van der Waals surface area (Å²) in [6, 6.07) is 4.80. The first kappa shape index (κ1) is 17.8. The van der Waals surface area contributed by atoms with E-state index in [9.17, 15) is 4.79 Å². The van der Waals surface area contributed by atoms with Crippen LogP contribution < -0.4 is 10.2 Å². The van der Waals surface area contributed by atoms with Gasteiger partial charge in [0, 0.05) is 31.9 Å². The molecule has 1 saturated carbocycles. The fourth-order valence-electron chi connectivity index (χ4n) is 4.80. The molecule has 5 heteroatoms. The third-order valence-corrected chi connectivity index (χ3v) is 6.95. The number of nitrogens with zero attached hydrogens (tertiary/aromatic N) is 3. The average Bonchev–Trinajstić information content (AvgIpc) is 2.63. The molecule has 2 aliphatic heterocycles. The van der Waals surface area contributed by atoms with Gasteiger partial charge in [-0.2, -0.15) is 0 Å². The summed E-state index contributed by atoms with van der Waals surface area (Å²) in [5.41, 5.74) is 1.21. The van der Waals surface area contributed by atoms with Crippen LogP contribution in [0.1, 0.15) is 62.2 Å². The summed E-state index contributed by atoms with van der Waals surface area (Å²) in [5, 5.41) is 2.82. The topological polar surface area (TPSA) is 48.5 Å². The van der Waals surface area contributed by atoms with Gasteiger partial charge in [0.15, 0.2) is 0 Å². The molecule has 1 spiro atoms. The van der Waals surface area contributed by atoms with Crippen molar-refractivity contribution in [1.29, 1.82) is 0 Å². The van der Waals surface area contributed by atoms with Crippen LogP contribution in [0.2, 0.25) is 0 Å². The van der Waals surface area contributed by atoms with E-state index in [4.69, 9.17) is 0 Å². The van der Waals surface area contributed by atoms with Crippen molar-refractivity contribution in [2.75, 3.05) is 37.6 Å². The minimum absolute atomic E-state index is 0.0395. The van der Waals surface area contributed by atoms with E-state index >= 15 is 0 Å². The highest BCUT2D eigenvalue weighted by molar-refractivity contribution is 5.93. The maximum absolute atomic E-state index is 11.9. The van der Waals surface area contributed by atoms with Crippen LogP contribution in [0.4, 0.5) is 5.82 Å². The molecular weight excluding hydrogens is 324 g/mol. The molecule has 3 fully saturated rings. The van der Waals surface area contributed by atoms with E-state index in [-0.39, 0.29) is 5.91 Å². The number of nitrogens with one attached hydrogen (secondary N) is 1. The van der Waals surface area contributed by atoms with Gasteiger partial charge in [-0.15, -0.1) is 0 Å². The minimum atomic E-state index is -0.0395. The van der Waals surface area contributed by atoms with Gasteiger partial charge in [0.05, 0.1) is 5.56 Å². The molecule has 0 aromatic carbocycles. The van der Waals surface area contributed by atoms with E-state index in [0.29, 0.717) is 17.5 Å². The molecule has 142 valence electrons. The molecule has 1 aliphatic carbocycles. The fourth-order valence-corrected chi connectivity index (χ4v) is 4.80. The van der Waals surface area contributed by atoms with Crippen molar-refractivity contribution < 1.29 is 4.79 Å². The van der Waals surface area contributed by atoms with Crippen molar-refractivity contribution in [3.8, 4) is 0 Å². The summed E-state index contributed by atoms with van der Waals surface area (Å²) in [6.45, 7) is 7.38. The SMILES string of the molecule is CCNC(=O)c1ccc(N2CCC3(CC2)CCN(C2CCC2)CC3)nc1. The zero-order valence-corrected chi connectivity index (χ0v) is 16.0. The van der Waals surface area contributed by atoms with Gasteiger partial charge in [0.1, 0.15) is 5.82 Å². The lowest BCUT2D eigenvalue weighted by atomic mass is 9.70. The van der Waals surface area contributed by atoms with Crippen LogP contribution in [-0.2, 0) is 0 Å². The molecule has 1 amide bonds. The Balaban J connectivity index is 1.30. The Morgan fingerprint density at radius 2 is 1.85 bits per heavy atom. The van der Waals surface area contributed by atoms with Crippen LogP contribution in [0, 0.1) is 5.41 Å². The molecule has 0 radical (unpaired) electrons. The molecule has 4 rings (SSSR count). The number of piperidine rings is 2. The molecule has 0 bridgehead atoms. The normalized spacial score (nSPS) is 23.7. The zero-order valence-electron chi connectivity index (χ0n) is 16.0. The lowest BCUT2D eigenvalue weighted by Crippen LogP contribution is -2.51. The minimum Gasteiger partial charge on any atom is -0.357 e. The van der Waals surface area contributed by atoms with E-state index in [1.807, 2.05) is 19.1 Å². The van der Waals surface area contributed by atoms with Crippen molar-refractivity contribution in [1.82, 2.24) is 15.2 Å². The largest absolute Gasteiger partial charge is 0.357 e. The Bertz CT molecular complexity index is 607. The van der Waals surface area contributed by atoms with Crippen molar-refractivity contribution in [3.63, 3.8) is 0 Å². The fraction of sp³-hybridized carbons (Fsp3) is 0.714. The molecule has 0 unspecified atom stereocenters. The van der Waals surface area contributed by atoms with Crippen molar-refractivity contribution >= 4 is 11.7 Å². The molecule has 2 saturated heterocycles. The summed E-state index contributed by atoms with van der Waals surface area (Å²) in [7, 11) is 0. The van der Waals surface area contributed by atoms with Gasteiger partial charge in [-0.1, -0.05) is 6.42 Å².